The molecule has 0 aliphatic carbocycles. The van der Waals surface area contributed by atoms with E-state index in [1.165, 1.54) is 0 Å². The molecule has 1 amide bonds. The first-order valence-electron chi connectivity index (χ1n) is 6.79. The Morgan fingerprint density at radius 2 is 2.00 bits per heavy atom. The Hall–Kier alpha value is -1.39. The number of hydrogen-bond acceptors (Lipinski definition) is 3. The molecule has 1 aromatic rings. The number of rotatable bonds is 8. The van der Waals surface area contributed by atoms with Gasteiger partial charge in [-0.1, -0.05) is 30.3 Å². The Morgan fingerprint density at radius 3 is 2.58 bits per heavy atom. The van der Waals surface area contributed by atoms with E-state index in [2.05, 4.69) is 5.32 Å². The van der Waals surface area contributed by atoms with Crippen molar-refractivity contribution >= 4 is 5.91 Å². The van der Waals surface area contributed by atoms with E-state index in [0.717, 1.165) is 12.0 Å². The van der Waals surface area contributed by atoms with E-state index >= 15 is 0 Å². The lowest BCUT2D eigenvalue weighted by Crippen LogP contribution is -2.34. The fraction of sp³-hybridized carbons (Fsp3) is 0.533. The molecule has 0 aromatic heterocycles. The Balaban J connectivity index is 2.35. The zero-order valence-electron chi connectivity index (χ0n) is 11.8. The Kier molecular flexibility index (Phi) is 7.15. The molecule has 0 aliphatic heterocycles. The van der Waals surface area contributed by atoms with Gasteiger partial charge in [0.1, 0.15) is 0 Å². The van der Waals surface area contributed by atoms with Crippen LogP contribution in [0.25, 0.3) is 0 Å². The standard InChI is InChI=1S/C15H24N2O2/c1-12(2)19-10-6-9-17-15(18)14(11-16)13-7-4-3-5-8-13/h3-5,7-8,12,14H,6,9-11,16H2,1-2H3,(H,17,18). The van der Waals surface area contributed by atoms with Crippen molar-refractivity contribution in [2.45, 2.75) is 32.3 Å². The summed E-state index contributed by atoms with van der Waals surface area (Å²) in [6.07, 6.45) is 1.05. The molecule has 0 heterocycles. The minimum Gasteiger partial charge on any atom is -0.379 e. The summed E-state index contributed by atoms with van der Waals surface area (Å²) in [5.41, 5.74) is 6.65. The van der Waals surface area contributed by atoms with Crippen LogP contribution in [0.5, 0.6) is 0 Å². The summed E-state index contributed by atoms with van der Waals surface area (Å²) in [4.78, 5) is 12.0. The molecule has 4 heteroatoms. The Bertz CT molecular complexity index is 366. The molecular formula is C15H24N2O2. The number of ether oxygens (including phenoxy) is 1. The largest absolute Gasteiger partial charge is 0.379 e. The fourth-order valence-electron chi connectivity index (χ4n) is 1.81. The van der Waals surface area contributed by atoms with Crippen LogP contribution in [0.4, 0.5) is 0 Å². The van der Waals surface area contributed by atoms with Gasteiger partial charge < -0.3 is 15.8 Å². The van der Waals surface area contributed by atoms with Crippen LogP contribution in [0, 0.1) is 0 Å². The third kappa shape index (κ3) is 5.85. The first-order valence-corrected chi connectivity index (χ1v) is 6.79. The predicted molar refractivity (Wildman–Crippen MR) is 77.0 cm³/mol. The zero-order chi connectivity index (χ0) is 14.1. The van der Waals surface area contributed by atoms with Gasteiger partial charge in [0, 0.05) is 19.7 Å². The highest BCUT2D eigenvalue weighted by atomic mass is 16.5. The number of hydrogen-bond donors (Lipinski definition) is 2. The minimum atomic E-state index is -0.271. The molecule has 3 N–H and O–H groups in total. The third-order valence-corrected chi connectivity index (χ3v) is 2.83. The molecule has 106 valence electrons. The maximum atomic E-state index is 12.0. The van der Waals surface area contributed by atoms with E-state index in [1.807, 2.05) is 44.2 Å². The Labute approximate surface area is 115 Å². The van der Waals surface area contributed by atoms with Crippen molar-refractivity contribution in [2.24, 2.45) is 5.73 Å². The number of amides is 1. The predicted octanol–water partition coefficient (Wildman–Crippen LogP) is 1.66. The van der Waals surface area contributed by atoms with Crippen LogP contribution in [0.1, 0.15) is 31.7 Å². The molecular weight excluding hydrogens is 240 g/mol. The van der Waals surface area contributed by atoms with Crippen molar-refractivity contribution in [1.29, 1.82) is 0 Å². The van der Waals surface area contributed by atoms with Gasteiger partial charge in [0.05, 0.1) is 12.0 Å². The molecule has 0 bridgehead atoms. The van der Waals surface area contributed by atoms with Crippen LogP contribution in [0.15, 0.2) is 30.3 Å². The lowest BCUT2D eigenvalue weighted by atomic mass is 9.98. The molecule has 1 atom stereocenters. The third-order valence-electron chi connectivity index (χ3n) is 2.83. The van der Waals surface area contributed by atoms with Gasteiger partial charge in [-0.05, 0) is 25.8 Å². The maximum absolute atomic E-state index is 12.0. The average molecular weight is 264 g/mol. The molecule has 1 unspecified atom stereocenters. The van der Waals surface area contributed by atoms with Crippen molar-refractivity contribution in [1.82, 2.24) is 5.32 Å². The average Bonchev–Trinajstić information content (AvgIpc) is 2.40. The van der Waals surface area contributed by atoms with E-state index in [-0.39, 0.29) is 17.9 Å². The maximum Gasteiger partial charge on any atom is 0.228 e. The summed E-state index contributed by atoms with van der Waals surface area (Å²) in [5.74, 6) is -0.287. The van der Waals surface area contributed by atoms with Crippen LogP contribution >= 0.6 is 0 Å². The van der Waals surface area contributed by atoms with Gasteiger partial charge in [-0.25, -0.2) is 0 Å². The number of carbonyl (C=O) groups excluding carboxylic acids is 1. The monoisotopic (exact) mass is 264 g/mol. The molecule has 0 aliphatic rings. The fourth-order valence-corrected chi connectivity index (χ4v) is 1.81. The van der Waals surface area contributed by atoms with E-state index in [9.17, 15) is 4.79 Å². The van der Waals surface area contributed by atoms with Gasteiger partial charge in [-0.2, -0.15) is 0 Å². The summed E-state index contributed by atoms with van der Waals surface area (Å²) >= 11 is 0. The quantitative estimate of drug-likeness (QED) is 0.702. The SMILES string of the molecule is CC(C)OCCCNC(=O)C(CN)c1ccccc1. The number of carbonyl (C=O) groups is 1. The molecule has 1 aromatic carbocycles. The molecule has 1 rings (SSSR count). The second-order valence-corrected chi connectivity index (χ2v) is 4.76. The summed E-state index contributed by atoms with van der Waals surface area (Å²) in [7, 11) is 0. The smallest absolute Gasteiger partial charge is 0.228 e. The van der Waals surface area contributed by atoms with Gasteiger partial charge >= 0.3 is 0 Å². The van der Waals surface area contributed by atoms with Crippen LogP contribution in [0.3, 0.4) is 0 Å². The normalized spacial score (nSPS) is 12.4. The van der Waals surface area contributed by atoms with Crippen molar-refractivity contribution in [3.63, 3.8) is 0 Å². The first kappa shape index (κ1) is 15.7. The second-order valence-electron chi connectivity index (χ2n) is 4.76. The molecule has 0 saturated carbocycles. The van der Waals surface area contributed by atoms with Gasteiger partial charge in [0.15, 0.2) is 0 Å². The molecule has 0 radical (unpaired) electrons. The van der Waals surface area contributed by atoms with Crippen molar-refractivity contribution in [3.8, 4) is 0 Å². The summed E-state index contributed by atoms with van der Waals surface area (Å²) < 4.78 is 5.42. The highest BCUT2D eigenvalue weighted by molar-refractivity contribution is 5.83. The molecule has 0 fully saturated rings. The van der Waals surface area contributed by atoms with E-state index in [4.69, 9.17) is 10.5 Å². The molecule has 0 spiro atoms. The number of nitrogens with one attached hydrogen (secondary N) is 1. The zero-order valence-corrected chi connectivity index (χ0v) is 11.8. The first-order chi connectivity index (χ1) is 9.15. The van der Waals surface area contributed by atoms with Crippen LogP contribution < -0.4 is 11.1 Å². The van der Waals surface area contributed by atoms with E-state index in [0.29, 0.717) is 19.7 Å². The number of benzene rings is 1. The summed E-state index contributed by atoms with van der Waals surface area (Å²) in [5, 5.41) is 2.91. The van der Waals surface area contributed by atoms with Crippen LogP contribution in [0.2, 0.25) is 0 Å². The lowest BCUT2D eigenvalue weighted by molar-refractivity contribution is -0.122. The van der Waals surface area contributed by atoms with Gasteiger partial charge in [0.25, 0.3) is 0 Å². The lowest BCUT2D eigenvalue weighted by Gasteiger charge is -2.15. The minimum absolute atomic E-state index is 0.0155. The second kappa shape index (κ2) is 8.67. The molecule has 0 saturated heterocycles. The highest BCUT2D eigenvalue weighted by Gasteiger charge is 2.17. The van der Waals surface area contributed by atoms with Crippen LogP contribution in [-0.2, 0) is 9.53 Å². The topological polar surface area (TPSA) is 64.3 Å². The highest BCUT2D eigenvalue weighted by Crippen LogP contribution is 2.13. The van der Waals surface area contributed by atoms with Gasteiger partial charge in [0.2, 0.25) is 5.91 Å². The van der Waals surface area contributed by atoms with Crippen LogP contribution in [-0.4, -0.2) is 31.7 Å². The number of nitrogens with two attached hydrogens (primary N) is 1. The van der Waals surface area contributed by atoms with Gasteiger partial charge in [-0.15, -0.1) is 0 Å². The summed E-state index contributed by atoms with van der Waals surface area (Å²) in [6.45, 7) is 5.60. The Morgan fingerprint density at radius 1 is 1.32 bits per heavy atom. The molecule has 4 nitrogen and oxygen atoms in total. The van der Waals surface area contributed by atoms with Crippen molar-refractivity contribution < 1.29 is 9.53 Å². The van der Waals surface area contributed by atoms with E-state index < -0.39 is 0 Å². The summed E-state index contributed by atoms with van der Waals surface area (Å²) in [6, 6.07) is 9.62. The van der Waals surface area contributed by atoms with Crippen molar-refractivity contribution in [3.05, 3.63) is 35.9 Å². The molecule has 19 heavy (non-hydrogen) atoms. The van der Waals surface area contributed by atoms with Crippen molar-refractivity contribution in [2.75, 3.05) is 19.7 Å². The van der Waals surface area contributed by atoms with E-state index in [1.54, 1.807) is 0 Å². The van der Waals surface area contributed by atoms with Gasteiger partial charge in [-0.3, -0.25) is 4.79 Å².